The van der Waals surface area contributed by atoms with Gasteiger partial charge in [0.1, 0.15) is 5.15 Å². The fraction of sp³-hybridized carbons (Fsp3) is 0.450. The maximum Gasteiger partial charge on any atom is 0.297 e. The van der Waals surface area contributed by atoms with Crippen LogP contribution in [0.4, 0.5) is 0 Å². The molecule has 2 aromatic rings. The molecule has 5 nitrogen and oxygen atoms in total. The molecule has 0 aliphatic heterocycles. The Hall–Kier alpha value is -1.25. The molecular weight excluding hydrogens is 414 g/mol. The van der Waals surface area contributed by atoms with Crippen molar-refractivity contribution in [2.75, 3.05) is 6.61 Å². The molecule has 154 valence electrons. The molecule has 2 rings (SSSR count). The van der Waals surface area contributed by atoms with E-state index in [2.05, 4.69) is 38.8 Å². The zero-order valence-corrected chi connectivity index (χ0v) is 19.8. The molecule has 0 aliphatic rings. The van der Waals surface area contributed by atoms with Gasteiger partial charge in [-0.1, -0.05) is 56.1 Å². The van der Waals surface area contributed by atoms with E-state index in [1.54, 1.807) is 30.5 Å². The third-order valence-electron chi connectivity index (χ3n) is 5.05. The lowest BCUT2D eigenvalue weighted by molar-refractivity contribution is 0.118. The van der Waals surface area contributed by atoms with E-state index in [0.29, 0.717) is 5.15 Å². The van der Waals surface area contributed by atoms with Gasteiger partial charge in [0.05, 0.1) is 17.6 Å². The number of nitrogens with zero attached hydrogens (tertiary/aromatic N) is 1. The van der Waals surface area contributed by atoms with E-state index in [1.807, 2.05) is 6.92 Å². The number of halogens is 1. The monoisotopic (exact) mass is 441 g/mol. The Balaban J connectivity index is 2.26. The van der Waals surface area contributed by atoms with E-state index in [1.165, 1.54) is 12.1 Å². The van der Waals surface area contributed by atoms with Crippen LogP contribution < -0.4 is 0 Å². The van der Waals surface area contributed by atoms with Gasteiger partial charge in [-0.05, 0) is 43.3 Å². The third-order valence-corrected chi connectivity index (χ3v) is 11.1. The van der Waals surface area contributed by atoms with Gasteiger partial charge < -0.3 is 4.43 Å². The van der Waals surface area contributed by atoms with E-state index >= 15 is 0 Å². The predicted molar refractivity (Wildman–Crippen MR) is 115 cm³/mol. The summed E-state index contributed by atoms with van der Waals surface area (Å²) >= 11 is 5.89. The molecule has 0 spiro atoms. The van der Waals surface area contributed by atoms with Crippen molar-refractivity contribution in [1.29, 1.82) is 0 Å². The van der Waals surface area contributed by atoms with Crippen LogP contribution in [0.3, 0.4) is 0 Å². The fourth-order valence-electron chi connectivity index (χ4n) is 2.23. The van der Waals surface area contributed by atoms with E-state index in [0.717, 1.165) is 11.1 Å². The first-order chi connectivity index (χ1) is 12.8. The Kier molecular flexibility index (Phi) is 7.10. The largest absolute Gasteiger partial charge is 0.407 e. The van der Waals surface area contributed by atoms with Gasteiger partial charge in [0.15, 0.2) is 8.32 Å². The highest BCUT2D eigenvalue weighted by Crippen LogP contribution is 2.40. The maximum atomic E-state index is 12.6. The molecule has 1 atom stereocenters. The molecule has 0 unspecified atom stereocenters. The maximum absolute atomic E-state index is 12.6. The number of rotatable bonds is 7. The highest BCUT2D eigenvalue weighted by molar-refractivity contribution is 7.86. The topological polar surface area (TPSA) is 65.5 Å². The number of aryl methyl sites for hydroxylation is 1. The standard InChI is InChI=1S/C20H28ClNO4SSi/c1-15-7-10-17(11-8-15)27(23,24)25-14-18(16-9-12-19(21)22-13-16)26-28(5,6)20(2,3)4/h7-13,18H,14H2,1-6H3/t18-/m1/s1. The summed E-state index contributed by atoms with van der Waals surface area (Å²) in [4.78, 5) is 4.22. The summed E-state index contributed by atoms with van der Waals surface area (Å²) in [5, 5.41) is 0.323. The van der Waals surface area contributed by atoms with Crippen molar-refractivity contribution in [1.82, 2.24) is 4.98 Å². The first-order valence-electron chi connectivity index (χ1n) is 9.07. The smallest absolute Gasteiger partial charge is 0.297 e. The molecule has 0 N–H and O–H groups in total. The minimum atomic E-state index is -3.89. The molecule has 1 heterocycles. The van der Waals surface area contributed by atoms with Crippen molar-refractivity contribution in [3.05, 3.63) is 58.9 Å². The van der Waals surface area contributed by atoms with Crippen LogP contribution >= 0.6 is 11.6 Å². The van der Waals surface area contributed by atoms with E-state index < -0.39 is 24.5 Å². The van der Waals surface area contributed by atoms with Crippen LogP contribution in [0, 0.1) is 6.92 Å². The lowest BCUT2D eigenvalue weighted by Gasteiger charge is -2.39. The Morgan fingerprint density at radius 3 is 2.21 bits per heavy atom. The second kappa shape index (κ2) is 8.63. The number of hydrogen-bond acceptors (Lipinski definition) is 5. The Morgan fingerprint density at radius 2 is 1.71 bits per heavy atom. The van der Waals surface area contributed by atoms with Crippen molar-refractivity contribution in [2.24, 2.45) is 0 Å². The van der Waals surface area contributed by atoms with Crippen LogP contribution in [-0.4, -0.2) is 28.3 Å². The van der Waals surface area contributed by atoms with Gasteiger partial charge in [-0.15, -0.1) is 0 Å². The molecular formula is C20H28ClNO4SSi. The van der Waals surface area contributed by atoms with Crippen LogP contribution in [-0.2, 0) is 18.7 Å². The van der Waals surface area contributed by atoms with Gasteiger partial charge in [-0.25, -0.2) is 4.98 Å². The van der Waals surface area contributed by atoms with Gasteiger partial charge in [-0.3, -0.25) is 4.18 Å². The minimum absolute atomic E-state index is 0.0407. The van der Waals surface area contributed by atoms with Crippen LogP contribution in [0.2, 0.25) is 23.3 Å². The second-order valence-corrected chi connectivity index (χ2v) is 15.1. The van der Waals surface area contributed by atoms with Gasteiger partial charge in [0.25, 0.3) is 10.1 Å². The van der Waals surface area contributed by atoms with Crippen LogP contribution in [0.5, 0.6) is 0 Å². The molecule has 0 radical (unpaired) electrons. The highest BCUT2D eigenvalue weighted by Gasteiger charge is 2.40. The molecule has 0 saturated carbocycles. The number of pyridine rings is 1. The van der Waals surface area contributed by atoms with Crippen LogP contribution in [0.15, 0.2) is 47.5 Å². The zero-order valence-electron chi connectivity index (χ0n) is 17.2. The molecule has 0 fully saturated rings. The fourth-order valence-corrected chi connectivity index (χ4v) is 4.52. The first-order valence-corrected chi connectivity index (χ1v) is 13.8. The molecule has 28 heavy (non-hydrogen) atoms. The Labute approximate surface area is 174 Å². The predicted octanol–water partition coefficient (Wildman–Crippen LogP) is 5.51. The van der Waals surface area contributed by atoms with Crippen molar-refractivity contribution < 1.29 is 17.0 Å². The lowest BCUT2D eigenvalue weighted by Crippen LogP contribution is -2.42. The summed E-state index contributed by atoms with van der Waals surface area (Å²) in [6.07, 6.45) is 1.04. The zero-order chi connectivity index (χ0) is 21.2. The molecule has 0 saturated heterocycles. The Bertz CT molecular complexity index is 891. The SMILES string of the molecule is Cc1ccc(S(=O)(=O)OC[C@@H](O[Si](C)(C)C(C)(C)C)c2ccc(Cl)nc2)cc1. The first kappa shape index (κ1) is 23.0. The summed E-state index contributed by atoms with van der Waals surface area (Å²) in [6.45, 7) is 12.4. The third kappa shape index (κ3) is 5.87. The molecule has 0 aliphatic carbocycles. The van der Waals surface area contributed by atoms with Gasteiger partial charge in [0.2, 0.25) is 0 Å². The normalized spacial score (nSPS) is 14.1. The number of aromatic nitrogens is 1. The van der Waals surface area contributed by atoms with Crippen LogP contribution in [0.25, 0.3) is 0 Å². The van der Waals surface area contributed by atoms with E-state index in [4.69, 9.17) is 20.2 Å². The lowest BCUT2D eigenvalue weighted by atomic mass is 10.2. The van der Waals surface area contributed by atoms with Crippen molar-refractivity contribution in [3.8, 4) is 0 Å². The number of hydrogen-bond donors (Lipinski definition) is 0. The van der Waals surface area contributed by atoms with E-state index in [-0.39, 0.29) is 16.5 Å². The van der Waals surface area contributed by atoms with Crippen LogP contribution in [0.1, 0.15) is 38.0 Å². The number of benzene rings is 1. The average Bonchev–Trinajstić information content (AvgIpc) is 2.59. The summed E-state index contributed by atoms with van der Waals surface area (Å²) in [5.74, 6) is 0. The van der Waals surface area contributed by atoms with Gasteiger partial charge in [0, 0.05) is 11.8 Å². The summed E-state index contributed by atoms with van der Waals surface area (Å²) in [7, 11) is -6.07. The highest BCUT2D eigenvalue weighted by atomic mass is 35.5. The van der Waals surface area contributed by atoms with Crippen molar-refractivity contribution in [3.63, 3.8) is 0 Å². The molecule has 0 amide bonds. The second-order valence-electron chi connectivity index (χ2n) is 8.33. The summed E-state index contributed by atoms with van der Waals surface area (Å²) < 4.78 is 37.0. The van der Waals surface area contributed by atoms with Crippen molar-refractivity contribution in [2.45, 2.75) is 56.8 Å². The molecule has 0 bridgehead atoms. The summed E-state index contributed by atoms with van der Waals surface area (Å²) in [5.41, 5.74) is 1.71. The molecule has 1 aromatic heterocycles. The van der Waals surface area contributed by atoms with Gasteiger partial charge >= 0.3 is 0 Å². The quantitative estimate of drug-likeness (QED) is 0.322. The van der Waals surface area contributed by atoms with Crippen molar-refractivity contribution >= 4 is 30.0 Å². The molecule has 1 aromatic carbocycles. The van der Waals surface area contributed by atoms with E-state index in [9.17, 15) is 8.42 Å². The Morgan fingerprint density at radius 1 is 1.11 bits per heavy atom. The van der Waals surface area contributed by atoms with Gasteiger partial charge in [-0.2, -0.15) is 8.42 Å². The molecule has 8 heteroatoms. The average molecular weight is 442 g/mol. The summed E-state index contributed by atoms with van der Waals surface area (Å²) in [6, 6.07) is 10.0. The minimum Gasteiger partial charge on any atom is -0.407 e.